The molecule has 1 aliphatic rings. The molecule has 1 fully saturated rings. The Kier molecular flexibility index (Phi) is 5.95. The van der Waals surface area contributed by atoms with Crippen LogP contribution in [0.4, 0.5) is 0 Å². The molecule has 1 rings (SSSR count). The molecular formula is C12H21N3O2. The van der Waals surface area contributed by atoms with Gasteiger partial charge in [0.15, 0.2) is 0 Å². The Balaban J connectivity index is 2.23. The van der Waals surface area contributed by atoms with Gasteiger partial charge in [-0.05, 0) is 26.7 Å². The fraction of sp³-hybridized carbons (Fsp3) is 0.833. The van der Waals surface area contributed by atoms with Crippen LogP contribution in [0.1, 0.15) is 33.1 Å². The van der Waals surface area contributed by atoms with Crippen molar-refractivity contribution in [2.75, 3.05) is 13.2 Å². The van der Waals surface area contributed by atoms with Crippen LogP contribution in [0.3, 0.4) is 0 Å². The smallest absolute Gasteiger partial charge is 0.222 e. The zero-order chi connectivity index (χ0) is 12.7. The van der Waals surface area contributed by atoms with E-state index < -0.39 is 6.04 Å². The summed E-state index contributed by atoms with van der Waals surface area (Å²) in [5.74, 6) is -0.0913. The van der Waals surface area contributed by atoms with E-state index in [0.717, 1.165) is 19.4 Å². The first-order valence-corrected chi connectivity index (χ1v) is 6.15. The quantitative estimate of drug-likeness (QED) is 0.710. The summed E-state index contributed by atoms with van der Waals surface area (Å²) < 4.78 is 5.44. The van der Waals surface area contributed by atoms with Crippen LogP contribution in [0.5, 0.6) is 0 Å². The van der Waals surface area contributed by atoms with Crippen molar-refractivity contribution in [2.45, 2.75) is 51.3 Å². The van der Waals surface area contributed by atoms with Gasteiger partial charge in [0.1, 0.15) is 6.04 Å². The summed E-state index contributed by atoms with van der Waals surface area (Å²) in [4.78, 5) is 11.5. The first-order valence-electron chi connectivity index (χ1n) is 6.15. The van der Waals surface area contributed by atoms with E-state index in [0.29, 0.717) is 6.54 Å². The number of hydrogen-bond donors (Lipinski definition) is 2. The zero-order valence-electron chi connectivity index (χ0n) is 10.5. The van der Waals surface area contributed by atoms with Gasteiger partial charge >= 0.3 is 0 Å². The number of carbonyl (C=O) groups excluding carboxylic acids is 1. The second kappa shape index (κ2) is 7.25. The highest BCUT2D eigenvalue weighted by Crippen LogP contribution is 2.10. The molecule has 0 aromatic rings. The van der Waals surface area contributed by atoms with Crippen molar-refractivity contribution in [1.29, 1.82) is 5.26 Å². The first kappa shape index (κ1) is 13.9. The highest BCUT2D eigenvalue weighted by atomic mass is 16.5. The number of hydrogen-bond acceptors (Lipinski definition) is 4. The summed E-state index contributed by atoms with van der Waals surface area (Å²) in [6.45, 7) is 5.25. The summed E-state index contributed by atoms with van der Waals surface area (Å²) in [6, 6.07) is 1.78. The summed E-state index contributed by atoms with van der Waals surface area (Å²) in [5, 5.41) is 14.8. The Labute approximate surface area is 103 Å². The van der Waals surface area contributed by atoms with Gasteiger partial charge in [0.2, 0.25) is 5.91 Å². The van der Waals surface area contributed by atoms with Crippen LogP contribution in [0, 0.1) is 11.3 Å². The van der Waals surface area contributed by atoms with Crippen LogP contribution in [0.2, 0.25) is 0 Å². The van der Waals surface area contributed by atoms with E-state index >= 15 is 0 Å². The largest absolute Gasteiger partial charge is 0.377 e. The standard InChI is InChI=1S/C12H21N3O2/c1-9(2)15-12(16)6-10(7-13)14-8-11-4-3-5-17-11/h9-11,14H,3-6,8H2,1-2H3,(H,15,16). The molecule has 1 saturated heterocycles. The van der Waals surface area contributed by atoms with Crippen molar-refractivity contribution in [2.24, 2.45) is 0 Å². The van der Waals surface area contributed by atoms with Crippen molar-refractivity contribution < 1.29 is 9.53 Å². The third-order valence-electron chi connectivity index (χ3n) is 2.61. The number of nitriles is 1. The Bertz CT molecular complexity index is 280. The van der Waals surface area contributed by atoms with Crippen LogP contribution >= 0.6 is 0 Å². The Hall–Kier alpha value is -1.12. The molecule has 5 nitrogen and oxygen atoms in total. The summed E-state index contributed by atoms with van der Waals surface area (Å²) in [6.07, 6.45) is 2.50. The Morgan fingerprint density at radius 3 is 2.88 bits per heavy atom. The monoisotopic (exact) mass is 239 g/mol. The molecule has 5 heteroatoms. The number of nitrogens with zero attached hydrogens (tertiary/aromatic N) is 1. The average Bonchev–Trinajstić information content (AvgIpc) is 2.75. The molecule has 96 valence electrons. The lowest BCUT2D eigenvalue weighted by atomic mass is 10.2. The number of ether oxygens (including phenoxy) is 1. The van der Waals surface area contributed by atoms with Crippen molar-refractivity contribution in [3.63, 3.8) is 0 Å². The van der Waals surface area contributed by atoms with Crippen LogP contribution < -0.4 is 10.6 Å². The van der Waals surface area contributed by atoms with E-state index in [9.17, 15) is 4.79 Å². The molecule has 2 unspecified atom stereocenters. The maximum absolute atomic E-state index is 11.5. The number of amides is 1. The molecule has 0 aromatic heterocycles. The molecule has 0 aromatic carbocycles. The fourth-order valence-corrected chi connectivity index (χ4v) is 1.81. The molecule has 17 heavy (non-hydrogen) atoms. The van der Waals surface area contributed by atoms with E-state index in [-0.39, 0.29) is 24.5 Å². The third-order valence-corrected chi connectivity index (χ3v) is 2.61. The van der Waals surface area contributed by atoms with E-state index in [1.807, 2.05) is 13.8 Å². The van der Waals surface area contributed by atoms with Gasteiger partial charge in [-0.15, -0.1) is 0 Å². The van der Waals surface area contributed by atoms with Crippen LogP contribution in [-0.2, 0) is 9.53 Å². The maximum Gasteiger partial charge on any atom is 0.222 e. The summed E-state index contributed by atoms with van der Waals surface area (Å²) in [7, 11) is 0. The van der Waals surface area contributed by atoms with Gasteiger partial charge in [-0.2, -0.15) is 5.26 Å². The van der Waals surface area contributed by atoms with E-state index in [2.05, 4.69) is 16.7 Å². The predicted octanol–water partition coefficient (Wildman–Crippen LogP) is 0.562. The molecule has 0 radical (unpaired) electrons. The molecule has 0 aliphatic carbocycles. The average molecular weight is 239 g/mol. The van der Waals surface area contributed by atoms with Crippen molar-refractivity contribution in [3.05, 3.63) is 0 Å². The second-order valence-electron chi connectivity index (χ2n) is 4.65. The molecule has 1 amide bonds. The molecule has 0 spiro atoms. The minimum absolute atomic E-state index is 0.0913. The van der Waals surface area contributed by atoms with Crippen molar-refractivity contribution in [3.8, 4) is 6.07 Å². The van der Waals surface area contributed by atoms with Crippen molar-refractivity contribution in [1.82, 2.24) is 10.6 Å². The van der Waals surface area contributed by atoms with E-state index in [4.69, 9.17) is 10.00 Å². The van der Waals surface area contributed by atoms with Gasteiger partial charge in [0, 0.05) is 19.2 Å². The van der Waals surface area contributed by atoms with Gasteiger partial charge in [-0.25, -0.2) is 0 Å². The lowest BCUT2D eigenvalue weighted by molar-refractivity contribution is -0.121. The third kappa shape index (κ3) is 5.66. The van der Waals surface area contributed by atoms with E-state index in [1.165, 1.54) is 0 Å². The normalized spacial score (nSPS) is 21.2. The molecule has 2 N–H and O–H groups in total. The minimum atomic E-state index is -0.432. The lowest BCUT2D eigenvalue weighted by Crippen LogP contribution is -2.40. The highest BCUT2D eigenvalue weighted by molar-refractivity contribution is 5.77. The van der Waals surface area contributed by atoms with Crippen LogP contribution in [-0.4, -0.2) is 37.2 Å². The topological polar surface area (TPSA) is 74.2 Å². The first-order chi connectivity index (χ1) is 8.11. The van der Waals surface area contributed by atoms with Gasteiger partial charge in [-0.1, -0.05) is 0 Å². The highest BCUT2D eigenvalue weighted by Gasteiger charge is 2.18. The number of rotatable bonds is 6. The zero-order valence-corrected chi connectivity index (χ0v) is 10.5. The molecular weight excluding hydrogens is 218 g/mol. The second-order valence-corrected chi connectivity index (χ2v) is 4.65. The van der Waals surface area contributed by atoms with Crippen LogP contribution in [0.25, 0.3) is 0 Å². The van der Waals surface area contributed by atoms with Gasteiger partial charge in [0.05, 0.1) is 18.6 Å². The Morgan fingerprint density at radius 1 is 1.59 bits per heavy atom. The lowest BCUT2D eigenvalue weighted by Gasteiger charge is -2.15. The van der Waals surface area contributed by atoms with Gasteiger partial charge in [0.25, 0.3) is 0 Å². The molecule has 0 saturated carbocycles. The molecule has 2 atom stereocenters. The maximum atomic E-state index is 11.5. The fourth-order valence-electron chi connectivity index (χ4n) is 1.81. The van der Waals surface area contributed by atoms with Crippen molar-refractivity contribution >= 4 is 5.91 Å². The SMILES string of the molecule is CC(C)NC(=O)CC(C#N)NCC1CCCO1. The minimum Gasteiger partial charge on any atom is -0.377 e. The Morgan fingerprint density at radius 2 is 2.35 bits per heavy atom. The predicted molar refractivity (Wildman–Crippen MR) is 64.3 cm³/mol. The molecule has 0 bridgehead atoms. The van der Waals surface area contributed by atoms with Gasteiger partial charge in [-0.3, -0.25) is 10.1 Å². The van der Waals surface area contributed by atoms with Gasteiger partial charge < -0.3 is 10.1 Å². The van der Waals surface area contributed by atoms with Crippen LogP contribution in [0.15, 0.2) is 0 Å². The number of carbonyl (C=O) groups is 1. The van der Waals surface area contributed by atoms with E-state index in [1.54, 1.807) is 0 Å². The summed E-state index contributed by atoms with van der Waals surface area (Å²) in [5.41, 5.74) is 0. The molecule has 1 aliphatic heterocycles. The summed E-state index contributed by atoms with van der Waals surface area (Å²) >= 11 is 0. The molecule has 1 heterocycles. The number of nitrogens with one attached hydrogen (secondary N) is 2.